The Morgan fingerprint density at radius 1 is 0.767 bits per heavy atom. The fraction of sp³-hybridized carbons (Fsp3) is 0.231. The van der Waals surface area contributed by atoms with Gasteiger partial charge in [0.2, 0.25) is 0 Å². The van der Waals surface area contributed by atoms with Crippen LogP contribution in [-0.4, -0.2) is 24.7 Å². The monoisotopic (exact) mass is 398 g/mol. The Labute approximate surface area is 176 Å². The van der Waals surface area contributed by atoms with Gasteiger partial charge in [-0.1, -0.05) is 36.4 Å². The van der Waals surface area contributed by atoms with Crippen LogP contribution < -0.4 is 15.2 Å². The largest absolute Gasteiger partial charge is 0.486 e. The van der Waals surface area contributed by atoms with Crippen molar-refractivity contribution in [1.29, 1.82) is 0 Å². The van der Waals surface area contributed by atoms with Crippen LogP contribution in [-0.2, 0) is 6.42 Å². The standard InChI is InChI=1S/C26H26N2O2/c27-13-5-4-8-21-22-16-19(18-6-2-1-3-7-18)9-11-23(22)28-26(21)20-10-12-24-25(17-20)30-15-14-29-24/h1-3,6-7,9-12,16-17,28H,4-5,8,13-15,27H2. The Balaban J connectivity index is 1.62. The van der Waals surface area contributed by atoms with Crippen LogP contribution >= 0.6 is 0 Å². The summed E-state index contributed by atoms with van der Waals surface area (Å²) in [5, 5.41) is 1.28. The van der Waals surface area contributed by atoms with Gasteiger partial charge in [-0.3, -0.25) is 0 Å². The van der Waals surface area contributed by atoms with Crippen molar-refractivity contribution in [3.63, 3.8) is 0 Å². The second-order valence-corrected chi connectivity index (χ2v) is 7.71. The summed E-state index contributed by atoms with van der Waals surface area (Å²) in [6.45, 7) is 1.91. The second kappa shape index (κ2) is 8.25. The van der Waals surface area contributed by atoms with Gasteiger partial charge < -0.3 is 20.2 Å². The number of nitrogens with two attached hydrogens (primary N) is 1. The summed E-state index contributed by atoms with van der Waals surface area (Å²) in [4.78, 5) is 3.67. The third-order valence-electron chi connectivity index (χ3n) is 5.73. The van der Waals surface area contributed by atoms with E-state index in [0.717, 1.165) is 54.1 Å². The highest BCUT2D eigenvalue weighted by atomic mass is 16.6. The number of nitrogens with one attached hydrogen (secondary N) is 1. The fourth-order valence-electron chi connectivity index (χ4n) is 4.21. The topological polar surface area (TPSA) is 60.3 Å². The number of fused-ring (bicyclic) bond motifs is 2. The highest BCUT2D eigenvalue weighted by Crippen LogP contribution is 2.38. The van der Waals surface area contributed by atoms with E-state index < -0.39 is 0 Å². The number of unbranched alkanes of at least 4 members (excludes halogenated alkanes) is 1. The molecule has 5 rings (SSSR count). The van der Waals surface area contributed by atoms with Gasteiger partial charge >= 0.3 is 0 Å². The molecule has 1 aliphatic heterocycles. The van der Waals surface area contributed by atoms with Gasteiger partial charge in [-0.15, -0.1) is 0 Å². The van der Waals surface area contributed by atoms with Crippen LogP contribution in [0.3, 0.4) is 0 Å². The van der Waals surface area contributed by atoms with Crippen molar-refractivity contribution in [2.45, 2.75) is 19.3 Å². The van der Waals surface area contributed by atoms with Crippen LogP contribution in [0.1, 0.15) is 18.4 Å². The van der Waals surface area contributed by atoms with E-state index in [1.54, 1.807) is 0 Å². The lowest BCUT2D eigenvalue weighted by Crippen LogP contribution is -2.15. The van der Waals surface area contributed by atoms with Crippen molar-refractivity contribution >= 4 is 10.9 Å². The number of benzene rings is 3. The molecule has 4 aromatic rings. The molecule has 0 saturated heterocycles. The number of aromatic nitrogens is 1. The van der Waals surface area contributed by atoms with E-state index in [9.17, 15) is 0 Å². The maximum absolute atomic E-state index is 5.82. The van der Waals surface area contributed by atoms with Crippen LogP contribution in [0.25, 0.3) is 33.3 Å². The quantitative estimate of drug-likeness (QED) is 0.418. The molecule has 0 saturated carbocycles. The molecule has 30 heavy (non-hydrogen) atoms. The predicted molar refractivity (Wildman–Crippen MR) is 122 cm³/mol. The number of hydrogen-bond acceptors (Lipinski definition) is 3. The summed E-state index contributed by atoms with van der Waals surface area (Å²) in [5.74, 6) is 1.63. The molecule has 0 unspecified atom stereocenters. The average Bonchev–Trinajstić information content (AvgIpc) is 3.17. The van der Waals surface area contributed by atoms with Gasteiger partial charge in [0.25, 0.3) is 0 Å². The summed E-state index contributed by atoms with van der Waals surface area (Å²) < 4.78 is 11.5. The van der Waals surface area contributed by atoms with E-state index in [1.807, 2.05) is 6.07 Å². The molecule has 0 aliphatic carbocycles. The van der Waals surface area contributed by atoms with Crippen LogP contribution in [0.4, 0.5) is 0 Å². The minimum atomic E-state index is 0.590. The number of rotatable bonds is 6. The van der Waals surface area contributed by atoms with Crippen LogP contribution in [0.2, 0.25) is 0 Å². The van der Waals surface area contributed by atoms with E-state index in [1.165, 1.54) is 22.1 Å². The van der Waals surface area contributed by atoms with Crippen LogP contribution in [0, 0.1) is 0 Å². The first-order valence-electron chi connectivity index (χ1n) is 10.6. The van der Waals surface area contributed by atoms with Crippen molar-refractivity contribution in [1.82, 2.24) is 4.98 Å². The zero-order valence-corrected chi connectivity index (χ0v) is 17.0. The Hall–Kier alpha value is -3.24. The SMILES string of the molecule is NCCCCc1c(-c2ccc3c(c2)OCCO3)[nH]c2ccc(-c3ccccc3)cc12. The van der Waals surface area contributed by atoms with Gasteiger partial charge in [-0.2, -0.15) is 0 Å². The molecule has 3 N–H and O–H groups in total. The van der Waals surface area contributed by atoms with E-state index in [2.05, 4.69) is 65.6 Å². The van der Waals surface area contributed by atoms with Crippen molar-refractivity contribution < 1.29 is 9.47 Å². The van der Waals surface area contributed by atoms with Crippen molar-refractivity contribution in [3.8, 4) is 33.9 Å². The summed E-state index contributed by atoms with van der Waals surface area (Å²) >= 11 is 0. The number of ether oxygens (including phenoxy) is 2. The first-order chi connectivity index (χ1) is 14.8. The van der Waals surface area contributed by atoms with E-state index in [0.29, 0.717) is 13.2 Å². The third kappa shape index (κ3) is 3.55. The fourth-order valence-corrected chi connectivity index (χ4v) is 4.21. The van der Waals surface area contributed by atoms with Gasteiger partial charge in [0.05, 0.1) is 0 Å². The Morgan fingerprint density at radius 2 is 1.57 bits per heavy atom. The molecule has 2 heterocycles. The second-order valence-electron chi connectivity index (χ2n) is 7.71. The molecule has 152 valence electrons. The van der Waals surface area contributed by atoms with Gasteiger partial charge in [0.1, 0.15) is 13.2 Å². The lowest BCUT2D eigenvalue weighted by atomic mass is 9.97. The highest BCUT2D eigenvalue weighted by molar-refractivity contribution is 5.94. The number of aromatic amines is 1. The van der Waals surface area contributed by atoms with Crippen LogP contribution in [0.15, 0.2) is 66.7 Å². The first kappa shape index (κ1) is 18.8. The summed E-state index contributed by atoms with van der Waals surface area (Å²) in [6.07, 6.45) is 3.07. The van der Waals surface area contributed by atoms with Crippen LogP contribution in [0.5, 0.6) is 11.5 Å². The maximum Gasteiger partial charge on any atom is 0.162 e. The molecular formula is C26H26N2O2. The molecule has 1 aliphatic rings. The molecular weight excluding hydrogens is 372 g/mol. The average molecular weight is 399 g/mol. The molecule has 0 fully saturated rings. The molecule has 4 heteroatoms. The molecule has 0 spiro atoms. The highest BCUT2D eigenvalue weighted by Gasteiger charge is 2.17. The van der Waals surface area contributed by atoms with E-state index in [4.69, 9.17) is 15.2 Å². The predicted octanol–water partition coefficient (Wildman–Crippen LogP) is 5.55. The third-order valence-corrected chi connectivity index (χ3v) is 5.73. The molecule has 4 nitrogen and oxygen atoms in total. The first-order valence-corrected chi connectivity index (χ1v) is 10.6. The summed E-state index contributed by atoms with van der Waals surface area (Å²) in [5.41, 5.74) is 13.0. The summed E-state index contributed by atoms with van der Waals surface area (Å²) in [6, 6.07) is 23.4. The minimum absolute atomic E-state index is 0.590. The number of aryl methyl sites for hydroxylation is 1. The minimum Gasteiger partial charge on any atom is -0.486 e. The lowest BCUT2D eigenvalue weighted by Gasteiger charge is -2.19. The Morgan fingerprint density at radius 3 is 2.40 bits per heavy atom. The molecule has 0 bridgehead atoms. The van der Waals surface area contributed by atoms with Gasteiger partial charge in [0.15, 0.2) is 11.5 Å². The van der Waals surface area contributed by atoms with Crippen molar-refractivity contribution in [2.24, 2.45) is 5.73 Å². The zero-order valence-electron chi connectivity index (χ0n) is 17.0. The van der Waals surface area contributed by atoms with Gasteiger partial charge in [0, 0.05) is 22.2 Å². The smallest absolute Gasteiger partial charge is 0.162 e. The molecule has 3 aromatic carbocycles. The Kier molecular flexibility index (Phi) is 5.16. The normalized spacial score (nSPS) is 13.0. The van der Waals surface area contributed by atoms with Gasteiger partial charge in [-0.25, -0.2) is 0 Å². The molecule has 0 radical (unpaired) electrons. The molecule has 1 aromatic heterocycles. The Bertz CT molecular complexity index is 1160. The zero-order chi connectivity index (χ0) is 20.3. The number of hydrogen-bond donors (Lipinski definition) is 2. The van der Waals surface area contributed by atoms with Crippen molar-refractivity contribution in [2.75, 3.05) is 19.8 Å². The van der Waals surface area contributed by atoms with E-state index in [-0.39, 0.29) is 0 Å². The number of H-pyrrole nitrogens is 1. The summed E-state index contributed by atoms with van der Waals surface area (Å²) in [7, 11) is 0. The molecule has 0 amide bonds. The molecule has 0 atom stereocenters. The van der Waals surface area contributed by atoms with E-state index >= 15 is 0 Å². The van der Waals surface area contributed by atoms with Crippen molar-refractivity contribution in [3.05, 3.63) is 72.3 Å². The maximum atomic E-state index is 5.82. The lowest BCUT2D eigenvalue weighted by molar-refractivity contribution is 0.171. The van der Waals surface area contributed by atoms with Gasteiger partial charge in [-0.05, 0) is 72.8 Å².